The maximum Gasteiger partial charge on any atom is 0.251 e. The van der Waals surface area contributed by atoms with Gasteiger partial charge in [-0.1, -0.05) is 23.1 Å². The number of rotatable bonds is 3. The largest absolute Gasteiger partial charge is 0.345 e. The zero-order valence-electron chi connectivity index (χ0n) is 10.1. The maximum absolute atomic E-state index is 11.9. The molecule has 0 fully saturated rings. The highest BCUT2D eigenvalue weighted by molar-refractivity contribution is 5.94. The number of nitrogens with zero attached hydrogens (tertiary/aromatic N) is 3. The van der Waals surface area contributed by atoms with Crippen LogP contribution in [0.2, 0.25) is 0 Å². The van der Waals surface area contributed by atoms with E-state index < -0.39 is 0 Å². The van der Waals surface area contributed by atoms with Crippen molar-refractivity contribution in [3.8, 4) is 11.8 Å². The summed E-state index contributed by atoms with van der Waals surface area (Å²) < 4.78 is 0. The Labute approximate surface area is 109 Å². The van der Waals surface area contributed by atoms with E-state index in [0.29, 0.717) is 11.4 Å². The number of tetrazole rings is 1. The van der Waals surface area contributed by atoms with Crippen molar-refractivity contribution in [3.63, 3.8) is 0 Å². The van der Waals surface area contributed by atoms with E-state index in [4.69, 9.17) is 5.73 Å². The van der Waals surface area contributed by atoms with Gasteiger partial charge in [0, 0.05) is 11.1 Å². The number of nitrogens with one attached hydrogen (secondary N) is 2. The molecule has 0 radical (unpaired) electrons. The molecule has 0 aliphatic heterocycles. The number of amides is 1. The fourth-order valence-corrected chi connectivity index (χ4v) is 1.41. The molecule has 19 heavy (non-hydrogen) atoms. The Balaban J connectivity index is 2.02. The minimum Gasteiger partial charge on any atom is -0.345 e. The van der Waals surface area contributed by atoms with E-state index >= 15 is 0 Å². The average molecular weight is 256 g/mol. The summed E-state index contributed by atoms with van der Waals surface area (Å²) in [7, 11) is 0. The van der Waals surface area contributed by atoms with Crippen LogP contribution >= 0.6 is 0 Å². The zero-order valence-corrected chi connectivity index (χ0v) is 10.1. The van der Waals surface area contributed by atoms with Crippen LogP contribution in [0.15, 0.2) is 24.3 Å². The van der Waals surface area contributed by atoms with Gasteiger partial charge in [-0.3, -0.25) is 4.79 Å². The fourth-order valence-electron chi connectivity index (χ4n) is 1.41. The number of hydrogen-bond acceptors (Lipinski definition) is 5. The molecular formula is C12H12N6O. The lowest BCUT2D eigenvalue weighted by molar-refractivity contribution is 0.0950. The van der Waals surface area contributed by atoms with Crippen molar-refractivity contribution in [2.75, 3.05) is 6.54 Å². The third-order valence-corrected chi connectivity index (χ3v) is 2.26. The fraction of sp³-hybridized carbons (Fsp3) is 0.167. The van der Waals surface area contributed by atoms with Crippen LogP contribution in [0.1, 0.15) is 21.7 Å². The van der Waals surface area contributed by atoms with Crippen molar-refractivity contribution in [3.05, 3.63) is 41.2 Å². The molecule has 1 amide bonds. The maximum atomic E-state index is 11.9. The first-order chi connectivity index (χ1) is 9.29. The third-order valence-electron chi connectivity index (χ3n) is 2.26. The topological polar surface area (TPSA) is 110 Å². The number of benzene rings is 1. The lowest BCUT2D eigenvalue weighted by Gasteiger charge is -2.02. The number of nitrogens with two attached hydrogens (primary N) is 1. The SMILES string of the molecule is NCC#Cc1cccc(C(=O)NCc2nn[nH]n2)c1. The van der Waals surface area contributed by atoms with Gasteiger partial charge in [-0.25, -0.2) is 0 Å². The molecule has 0 spiro atoms. The molecule has 1 aromatic carbocycles. The zero-order chi connectivity index (χ0) is 13.5. The third kappa shape index (κ3) is 3.62. The van der Waals surface area contributed by atoms with Gasteiger partial charge in [0.25, 0.3) is 5.91 Å². The average Bonchev–Trinajstić information content (AvgIpc) is 2.96. The highest BCUT2D eigenvalue weighted by Crippen LogP contribution is 2.04. The first-order valence-corrected chi connectivity index (χ1v) is 5.59. The van der Waals surface area contributed by atoms with Crippen molar-refractivity contribution >= 4 is 5.91 Å². The Morgan fingerprint density at radius 2 is 2.37 bits per heavy atom. The molecule has 0 bridgehead atoms. The molecule has 7 nitrogen and oxygen atoms in total. The second kappa shape index (κ2) is 6.28. The monoisotopic (exact) mass is 256 g/mol. The Hall–Kier alpha value is -2.72. The molecule has 1 heterocycles. The summed E-state index contributed by atoms with van der Waals surface area (Å²) in [5, 5.41) is 15.9. The predicted molar refractivity (Wildman–Crippen MR) is 67.7 cm³/mol. The first kappa shape index (κ1) is 12.7. The molecule has 0 saturated heterocycles. The Bertz CT molecular complexity index is 611. The molecule has 7 heteroatoms. The normalized spacial score (nSPS) is 9.53. The number of aromatic amines is 1. The molecule has 96 valence electrons. The van der Waals surface area contributed by atoms with Crippen LogP contribution in [-0.4, -0.2) is 33.1 Å². The van der Waals surface area contributed by atoms with Gasteiger partial charge in [-0.2, -0.15) is 5.21 Å². The van der Waals surface area contributed by atoms with E-state index in [1.165, 1.54) is 0 Å². The number of aromatic nitrogens is 4. The van der Waals surface area contributed by atoms with E-state index in [1.807, 2.05) is 6.07 Å². The van der Waals surface area contributed by atoms with E-state index in [2.05, 4.69) is 37.8 Å². The summed E-state index contributed by atoms with van der Waals surface area (Å²) in [6.07, 6.45) is 0. The van der Waals surface area contributed by atoms with Crippen molar-refractivity contribution < 1.29 is 4.79 Å². The molecular weight excluding hydrogens is 244 g/mol. The number of carbonyl (C=O) groups excluding carboxylic acids is 1. The standard InChI is InChI=1S/C12H12N6O/c13-6-2-4-9-3-1-5-10(7-9)12(19)14-8-11-15-17-18-16-11/h1,3,5,7H,6,8,13H2,(H,14,19)(H,15,16,17,18). The van der Waals surface area contributed by atoms with Gasteiger partial charge in [0.1, 0.15) is 0 Å². The van der Waals surface area contributed by atoms with E-state index in [0.717, 1.165) is 5.56 Å². The van der Waals surface area contributed by atoms with Crippen LogP contribution in [0.5, 0.6) is 0 Å². The van der Waals surface area contributed by atoms with Crippen LogP contribution in [0.25, 0.3) is 0 Å². The molecule has 0 aliphatic carbocycles. The quantitative estimate of drug-likeness (QED) is 0.638. The number of carbonyl (C=O) groups is 1. The van der Waals surface area contributed by atoms with Gasteiger partial charge in [0.15, 0.2) is 5.82 Å². The number of hydrogen-bond donors (Lipinski definition) is 3. The molecule has 0 atom stereocenters. The first-order valence-electron chi connectivity index (χ1n) is 5.59. The van der Waals surface area contributed by atoms with Crippen molar-refractivity contribution in [1.82, 2.24) is 25.9 Å². The molecule has 0 saturated carbocycles. The molecule has 1 aromatic heterocycles. The van der Waals surface area contributed by atoms with Gasteiger partial charge in [-0.15, -0.1) is 10.2 Å². The lowest BCUT2D eigenvalue weighted by atomic mass is 10.1. The van der Waals surface area contributed by atoms with Crippen LogP contribution in [0.4, 0.5) is 0 Å². The van der Waals surface area contributed by atoms with Crippen molar-refractivity contribution in [1.29, 1.82) is 0 Å². The highest BCUT2D eigenvalue weighted by Gasteiger charge is 2.06. The van der Waals surface area contributed by atoms with Crippen LogP contribution < -0.4 is 11.1 Å². The summed E-state index contributed by atoms with van der Waals surface area (Å²) >= 11 is 0. The Kier molecular flexibility index (Phi) is 4.21. The van der Waals surface area contributed by atoms with Crippen LogP contribution in [-0.2, 0) is 6.54 Å². The summed E-state index contributed by atoms with van der Waals surface area (Å²) in [6, 6.07) is 7.00. The predicted octanol–water partition coefficient (Wildman–Crippen LogP) is -0.560. The second-order valence-corrected chi connectivity index (χ2v) is 3.60. The van der Waals surface area contributed by atoms with Crippen LogP contribution in [0, 0.1) is 11.8 Å². The highest BCUT2D eigenvalue weighted by atomic mass is 16.1. The minimum atomic E-state index is -0.221. The molecule has 2 rings (SSSR count). The summed E-state index contributed by atoms with van der Waals surface area (Å²) in [6.45, 7) is 0.502. The van der Waals surface area contributed by atoms with E-state index in [-0.39, 0.29) is 19.0 Å². The van der Waals surface area contributed by atoms with E-state index in [9.17, 15) is 4.79 Å². The molecule has 0 unspecified atom stereocenters. The minimum absolute atomic E-state index is 0.216. The van der Waals surface area contributed by atoms with Gasteiger partial charge in [-0.05, 0) is 18.2 Å². The Morgan fingerprint density at radius 3 is 3.11 bits per heavy atom. The number of H-pyrrole nitrogens is 1. The molecule has 4 N–H and O–H groups in total. The van der Waals surface area contributed by atoms with Gasteiger partial charge >= 0.3 is 0 Å². The molecule has 2 aromatic rings. The van der Waals surface area contributed by atoms with Gasteiger partial charge in [0.2, 0.25) is 0 Å². The lowest BCUT2D eigenvalue weighted by Crippen LogP contribution is -2.23. The summed E-state index contributed by atoms with van der Waals surface area (Å²) in [5.41, 5.74) is 6.57. The van der Waals surface area contributed by atoms with Gasteiger partial charge < -0.3 is 11.1 Å². The van der Waals surface area contributed by atoms with Crippen molar-refractivity contribution in [2.45, 2.75) is 6.54 Å². The van der Waals surface area contributed by atoms with Gasteiger partial charge in [0.05, 0.1) is 13.1 Å². The smallest absolute Gasteiger partial charge is 0.251 e. The second-order valence-electron chi connectivity index (χ2n) is 3.60. The Morgan fingerprint density at radius 1 is 1.47 bits per heavy atom. The van der Waals surface area contributed by atoms with Crippen LogP contribution in [0.3, 0.4) is 0 Å². The summed E-state index contributed by atoms with van der Waals surface area (Å²) in [4.78, 5) is 11.9. The summed E-state index contributed by atoms with van der Waals surface area (Å²) in [5.74, 6) is 5.82. The van der Waals surface area contributed by atoms with Crippen molar-refractivity contribution in [2.24, 2.45) is 5.73 Å². The van der Waals surface area contributed by atoms with E-state index in [1.54, 1.807) is 18.2 Å². The molecule has 0 aliphatic rings.